The molecule has 1 saturated carbocycles. The largest absolute Gasteiger partial charge is 0.378 e. The molecule has 0 radical (unpaired) electrons. The quantitative estimate of drug-likeness (QED) is 0.773. The van der Waals surface area contributed by atoms with Crippen LogP contribution >= 0.6 is 0 Å². The van der Waals surface area contributed by atoms with Crippen molar-refractivity contribution in [2.45, 2.75) is 57.5 Å². The van der Waals surface area contributed by atoms with Gasteiger partial charge in [-0.05, 0) is 50.6 Å². The maximum Gasteiger partial charge on any atom is 0.0599 e. The highest BCUT2D eigenvalue weighted by Crippen LogP contribution is 2.43. The number of nitrogens with one attached hydrogen (secondary N) is 1. The van der Waals surface area contributed by atoms with Crippen LogP contribution in [0.15, 0.2) is 0 Å². The van der Waals surface area contributed by atoms with Crippen molar-refractivity contribution in [3.63, 3.8) is 0 Å². The van der Waals surface area contributed by atoms with Crippen molar-refractivity contribution >= 4 is 0 Å². The van der Waals surface area contributed by atoms with E-state index < -0.39 is 0 Å². The van der Waals surface area contributed by atoms with E-state index >= 15 is 0 Å². The Morgan fingerprint density at radius 3 is 2.53 bits per heavy atom. The van der Waals surface area contributed by atoms with Gasteiger partial charge in [-0.3, -0.25) is 0 Å². The third kappa shape index (κ3) is 3.71. The van der Waals surface area contributed by atoms with Crippen molar-refractivity contribution in [3.05, 3.63) is 0 Å². The Kier molecular flexibility index (Phi) is 4.78. The first-order valence-electron chi connectivity index (χ1n) is 8.41. The van der Waals surface area contributed by atoms with Crippen LogP contribution in [0.4, 0.5) is 0 Å². The molecule has 3 fully saturated rings. The normalized spacial score (nSPS) is 28.4. The Hall–Kier alpha value is -0.120. The lowest BCUT2D eigenvalue weighted by atomic mass is 9.68. The SMILES string of the molecule is C1CCC2(CC1)CN(CCCOC1CCNCC1)C2. The standard InChI is InChI=1S/C16H30N2O/c1-2-7-16(8-3-1)13-18(14-16)11-4-12-19-15-5-9-17-10-6-15/h15,17H,1-14H2. The van der Waals surface area contributed by atoms with Crippen LogP contribution in [0.2, 0.25) is 0 Å². The van der Waals surface area contributed by atoms with Crippen LogP contribution in [-0.2, 0) is 4.74 Å². The van der Waals surface area contributed by atoms with E-state index in [1.807, 2.05) is 0 Å². The fourth-order valence-corrected chi connectivity index (χ4v) is 4.18. The molecular weight excluding hydrogens is 236 g/mol. The molecule has 0 aromatic heterocycles. The first-order valence-corrected chi connectivity index (χ1v) is 8.41. The molecule has 0 amide bonds. The summed E-state index contributed by atoms with van der Waals surface area (Å²) in [5.41, 5.74) is 0.744. The molecule has 1 aliphatic carbocycles. The van der Waals surface area contributed by atoms with Crippen LogP contribution in [0.1, 0.15) is 51.4 Å². The van der Waals surface area contributed by atoms with Gasteiger partial charge in [0.2, 0.25) is 0 Å². The Bertz CT molecular complexity index is 262. The molecule has 2 saturated heterocycles. The minimum absolute atomic E-state index is 0.530. The summed E-state index contributed by atoms with van der Waals surface area (Å²) in [4.78, 5) is 2.65. The van der Waals surface area contributed by atoms with Gasteiger partial charge in [0, 0.05) is 26.2 Å². The van der Waals surface area contributed by atoms with Gasteiger partial charge in [-0.2, -0.15) is 0 Å². The smallest absolute Gasteiger partial charge is 0.0599 e. The first-order chi connectivity index (χ1) is 9.36. The summed E-state index contributed by atoms with van der Waals surface area (Å²) in [5.74, 6) is 0. The molecule has 1 spiro atoms. The average molecular weight is 266 g/mol. The molecule has 3 aliphatic rings. The lowest BCUT2D eigenvalue weighted by Gasteiger charge is -2.52. The monoisotopic (exact) mass is 266 g/mol. The van der Waals surface area contributed by atoms with Crippen molar-refractivity contribution in [3.8, 4) is 0 Å². The van der Waals surface area contributed by atoms with Gasteiger partial charge < -0.3 is 15.0 Å². The molecule has 110 valence electrons. The summed E-state index contributed by atoms with van der Waals surface area (Å²) >= 11 is 0. The van der Waals surface area contributed by atoms with E-state index in [9.17, 15) is 0 Å². The van der Waals surface area contributed by atoms with Crippen LogP contribution in [0.3, 0.4) is 0 Å². The molecule has 3 heteroatoms. The summed E-state index contributed by atoms with van der Waals surface area (Å²) < 4.78 is 5.97. The molecule has 1 N–H and O–H groups in total. The fourth-order valence-electron chi connectivity index (χ4n) is 4.18. The Balaban J connectivity index is 1.24. The number of ether oxygens (including phenoxy) is 1. The molecule has 19 heavy (non-hydrogen) atoms. The van der Waals surface area contributed by atoms with Crippen molar-refractivity contribution in [2.75, 3.05) is 39.3 Å². The number of piperidine rings is 1. The van der Waals surface area contributed by atoms with E-state index in [2.05, 4.69) is 10.2 Å². The number of rotatable bonds is 5. The molecule has 3 nitrogen and oxygen atoms in total. The van der Waals surface area contributed by atoms with Crippen LogP contribution < -0.4 is 5.32 Å². The van der Waals surface area contributed by atoms with Crippen LogP contribution in [0, 0.1) is 5.41 Å². The van der Waals surface area contributed by atoms with Crippen LogP contribution in [0.25, 0.3) is 0 Å². The predicted octanol–water partition coefficient (Wildman–Crippen LogP) is 2.41. The Morgan fingerprint density at radius 2 is 1.79 bits per heavy atom. The molecule has 2 heterocycles. The predicted molar refractivity (Wildman–Crippen MR) is 78.4 cm³/mol. The number of hydrogen-bond donors (Lipinski definition) is 1. The second-order valence-electron chi connectivity index (χ2n) is 6.95. The summed E-state index contributed by atoms with van der Waals surface area (Å²) in [6, 6.07) is 0. The highest BCUT2D eigenvalue weighted by molar-refractivity contribution is 4.96. The number of likely N-dealkylation sites (tertiary alicyclic amines) is 1. The van der Waals surface area contributed by atoms with Crippen molar-refractivity contribution in [1.29, 1.82) is 0 Å². The molecular formula is C16H30N2O. The van der Waals surface area contributed by atoms with E-state index in [1.54, 1.807) is 0 Å². The van der Waals surface area contributed by atoms with Crippen LogP contribution in [0.5, 0.6) is 0 Å². The lowest BCUT2D eigenvalue weighted by molar-refractivity contribution is -0.0367. The second-order valence-corrected chi connectivity index (χ2v) is 6.95. The number of nitrogens with zero attached hydrogens (tertiary/aromatic N) is 1. The maximum atomic E-state index is 5.97. The second kappa shape index (κ2) is 6.55. The Labute approximate surface area is 118 Å². The summed E-state index contributed by atoms with van der Waals surface area (Å²) in [5, 5.41) is 3.39. The zero-order valence-electron chi connectivity index (χ0n) is 12.3. The zero-order chi connectivity index (χ0) is 13.0. The third-order valence-electron chi connectivity index (χ3n) is 5.29. The summed E-state index contributed by atoms with van der Waals surface area (Å²) in [7, 11) is 0. The molecule has 0 aromatic carbocycles. The highest BCUT2D eigenvalue weighted by Gasteiger charge is 2.42. The van der Waals surface area contributed by atoms with Gasteiger partial charge in [0.15, 0.2) is 0 Å². The summed E-state index contributed by atoms with van der Waals surface area (Å²) in [6.07, 6.45) is 11.6. The molecule has 0 bridgehead atoms. The molecule has 3 rings (SSSR count). The number of hydrogen-bond acceptors (Lipinski definition) is 3. The van der Waals surface area contributed by atoms with Gasteiger partial charge in [-0.15, -0.1) is 0 Å². The van der Waals surface area contributed by atoms with E-state index in [1.165, 1.54) is 71.0 Å². The van der Waals surface area contributed by atoms with Gasteiger partial charge in [0.1, 0.15) is 0 Å². The lowest BCUT2D eigenvalue weighted by Crippen LogP contribution is -2.57. The first kappa shape index (κ1) is 13.8. The van der Waals surface area contributed by atoms with Gasteiger partial charge >= 0.3 is 0 Å². The minimum Gasteiger partial charge on any atom is -0.378 e. The minimum atomic E-state index is 0.530. The molecule has 2 aliphatic heterocycles. The zero-order valence-corrected chi connectivity index (χ0v) is 12.3. The third-order valence-corrected chi connectivity index (χ3v) is 5.29. The van der Waals surface area contributed by atoms with Crippen LogP contribution in [-0.4, -0.2) is 50.3 Å². The van der Waals surface area contributed by atoms with E-state index in [-0.39, 0.29) is 0 Å². The average Bonchev–Trinajstić information content (AvgIpc) is 2.44. The van der Waals surface area contributed by atoms with E-state index in [0.717, 1.165) is 25.1 Å². The fraction of sp³-hybridized carbons (Fsp3) is 1.00. The van der Waals surface area contributed by atoms with Gasteiger partial charge in [0.05, 0.1) is 6.10 Å². The molecule has 0 unspecified atom stereocenters. The van der Waals surface area contributed by atoms with Gasteiger partial charge in [0.25, 0.3) is 0 Å². The highest BCUT2D eigenvalue weighted by atomic mass is 16.5. The van der Waals surface area contributed by atoms with E-state index in [0.29, 0.717) is 6.10 Å². The van der Waals surface area contributed by atoms with Crippen molar-refractivity contribution in [1.82, 2.24) is 10.2 Å². The van der Waals surface area contributed by atoms with Crippen molar-refractivity contribution < 1.29 is 4.74 Å². The van der Waals surface area contributed by atoms with Gasteiger partial charge in [-0.1, -0.05) is 19.3 Å². The van der Waals surface area contributed by atoms with E-state index in [4.69, 9.17) is 4.74 Å². The molecule has 0 aromatic rings. The molecule has 0 atom stereocenters. The topological polar surface area (TPSA) is 24.5 Å². The van der Waals surface area contributed by atoms with Gasteiger partial charge in [-0.25, -0.2) is 0 Å². The maximum absolute atomic E-state index is 5.97. The Morgan fingerprint density at radius 1 is 1.05 bits per heavy atom. The van der Waals surface area contributed by atoms with Crippen molar-refractivity contribution in [2.24, 2.45) is 5.41 Å². The summed E-state index contributed by atoms with van der Waals surface area (Å²) in [6.45, 7) is 7.25.